The van der Waals surface area contributed by atoms with Gasteiger partial charge >= 0.3 is 5.91 Å². The molecule has 0 aliphatic carbocycles. The Hall–Kier alpha value is -2.17. The molecule has 1 N–H and O–H groups in total. The number of amides is 1. The minimum absolute atomic E-state index is 0.429. The number of likely N-dealkylation sites (tertiary alicyclic amines) is 1. The van der Waals surface area contributed by atoms with Crippen LogP contribution < -0.4 is 9.80 Å². The first-order valence-corrected chi connectivity index (χ1v) is 9.53. The number of quaternary nitrogens is 1. The molecule has 0 unspecified atom stereocenters. The number of Topliss-reactive ketones (excluding diaryl/α,β-unsaturated/α-hetero) is 1. The third kappa shape index (κ3) is 3.39. The van der Waals surface area contributed by atoms with Crippen LogP contribution >= 0.6 is 11.6 Å². The number of piperidine rings is 1. The molecule has 0 bridgehead atoms. The van der Waals surface area contributed by atoms with E-state index in [1.54, 1.807) is 23.1 Å². The van der Waals surface area contributed by atoms with Gasteiger partial charge in [-0.2, -0.15) is 0 Å². The summed E-state index contributed by atoms with van der Waals surface area (Å²) >= 11 is 5.97. The fraction of sp³-hybridized carbons (Fsp3) is 0.333. The summed E-state index contributed by atoms with van der Waals surface area (Å²) in [6.07, 6.45) is 3.41. The topological polar surface area (TPSA) is 41.8 Å². The molecule has 4 nitrogen and oxygen atoms in total. The highest BCUT2D eigenvalue weighted by molar-refractivity contribution is 6.52. The lowest BCUT2D eigenvalue weighted by molar-refractivity contribution is -0.904. The second-order valence-corrected chi connectivity index (χ2v) is 7.70. The van der Waals surface area contributed by atoms with Gasteiger partial charge < -0.3 is 4.90 Å². The number of rotatable bonds is 4. The SMILES string of the molecule is O=C1C(=O)N(C[NH+]2CCC(Cc3ccccc3)CC2)c2ccc(Cl)cc21. The Morgan fingerprint density at radius 1 is 1.04 bits per heavy atom. The van der Waals surface area contributed by atoms with E-state index in [0.717, 1.165) is 32.4 Å². The molecule has 2 heterocycles. The third-order valence-corrected chi connectivity index (χ3v) is 5.73. The van der Waals surface area contributed by atoms with Crippen molar-refractivity contribution in [2.75, 3.05) is 24.7 Å². The van der Waals surface area contributed by atoms with Gasteiger partial charge in [0.25, 0.3) is 5.78 Å². The molecular weight excluding hydrogens is 348 g/mol. The summed E-state index contributed by atoms with van der Waals surface area (Å²) < 4.78 is 0. The highest BCUT2D eigenvalue weighted by Crippen LogP contribution is 2.30. The molecule has 0 saturated carbocycles. The highest BCUT2D eigenvalue weighted by Gasteiger charge is 2.38. The van der Waals surface area contributed by atoms with Gasteiger partial charge in [0.1, 0.15) is 0 Å². The van der Waals surface area contributed by atoms with Crippen molar-refractivity contribution >= 4 is 29.0 Å². The molecular formula is C21H22ClN2O2+. The van der Waals surface area contributed by atoms with Crippen LogP contribution in [0, 0.1) is 5.92 Å². The highest BCUT2D eigenvalue weighted by atomic mass is 35.5. The van der Waals surface area contributed by atoms with E-state index >= 15 is 0 Å². The van der Waals surface area contributed by atoms with E-state index in [4.69, 9.17) is 11.6 Å². The monoisotopic (exact) mass is 369 g/mol. The number of halogens is 1. The fourth-order valence-electron chi connectivity index (χ4n) is 4.05. The molecule has 1 amide bonds. The number of hydrogen-bond acceptors (Lipinski definition) is 2. The van der Waals surface area contributed by atoms with Gasteiger partial charge in [0.2, 0.25) is 0 Å². The summed E-state index contributed by atoms with van der Waals surface area (Å²) in [5.74, 6) is -0.176. The maximum atomic E-state index is 12.4. The zero-order valence-electron chi connectivity index (χ0n) is 14.6. The number of carbonyl (C=O) groups is 2. The molecule has 4 rings (SSSR count). The third-order valence-electron chi connectivity index (χ3n) is 5.49. The lowest BCUT2D eigenvalue weighted by Crippen LogP contribution is -3.14. The Balaban J connectivity index is 1.38. The lowest BCUT2D eigenvalue weighted by Gasteiger charge is -2.31. The molecule has 0 spiro atoms. The van der Waals surface area contributed by atoms with Crippen LogP contribution in [0.2, 0.25) is 5.02 Å². The van der Waals surface area contributed by atoms with Crippen molar-refractivity contribution < 1.29 is 14.5 Å². The molecule has 0 atom stereocenters. The summed E-state index contributed by atoms with van der Waals surface area (Å²) in [6.45, 7) is 2.61. The number of hydrogen-bond donors (Lipinski definition) is 1. The van der Waals surface area contributed by atoms with Crippen molar-refractivity contribution in [2.45, 2.75) is 19.3 Å². The predicted octanol–water partition coefficient (Wildman–Crippen LogP) is 2.36. The molecule has 26 heavy (non-hydrogen) atoms. The van der Waals surface area contributed by atoms with Gasteiger partial charge in [0, 0.05) is 5.02 Å². The molecule has 0 radical (unpaired) electrons. The molecule has 0 aromatic heterocycles. The van der Waals surface area contributed by atoms with E-state index in [-0.39, 0.29) is 0 Å². The molecule has 2 aliphatic rings. The number of fused-ring (bicyclic) bond motifs is 1. The molecule has 2 aromatic carbocycles. The Kier molecular flexibility index (Phi) is 4.79. The molecule has 134 valence electrons. The van der Waals surface area contributed by atoms with Crippen LogP contribution in [0.5, 0.6) is 0 Å². The van der Waals surface area contributed by atoms with Gasteiger partial charge in [0.05, 0.1) is 24.3 Å². The smallest absolute Gasteiger partial charge is 0.303 e. The summed E-state index contributed by atoms with van der Waals surface area (Å²) in [6, 6.07) is 15.7. The largest absolute Gasteiger partial charge is 0.317 e. The van der Waals surface area contributed by atoms with Crippen molar-refractivity contribution in [3.8, 4) is 0 Å². The van der Waals surface area contributed by atoms with E-state index in [1.165, 1.54) is 10.5 Å². The van der Waals surface area contributed by atoms with Crippen LogP contribution in [-0.2, 0) is 11.2 Å². The van der Waals surface area contributed by atoms with Crippen molar-refractivity contribution in [3.05, 3.63) is 64.7 Å². The maximum absolute atomic E-state index is 12.4. The van der Waals surface area contributed by atoms with E-state index in [1.807, 2.05) is 0 Å². The van der Waals surface area contributed by atoms with E-state index in [9.17, 15) is 9.59 Å². The second kappa shape index (κ2) is 7.22. The van der Waals surface area contributed by atoms with Crippen molar-refractivity contribution in [3.63, 3.8) is 0 Å². The maximum Gasteiger partial charge on any atom is 0.303 e. The van der Waals surface area contributed by atoms with Gasteiger partial charge in [-0.25, -0.2) is 0 Å². The standard InChI is InChI=1S/C21H21ClN2O2/c22-17-6-7-19-18(13-17)20(25)21(26)24(19)14-23-10-8-16(9-11-23)12-15-4-2-1-3-5-15/h1-7,13,16H,8-12,14H2/p+1. The quantitative estimate of drug-likeness (QED) is 0.841. The van der Waals surface area contributed by atoms with E-state index in [2.05, 4.69) is 30.3 Å². The number of anilines is 1. The number of carbonyl (C=O) groups excluding carboxylic acids is 2. The number of nitrogens with zero attached hydrogens (tertiary/aromatic N) is 1. The molecule has 1 fully saturated rings. The van der Waals surface area contributed by atoms with Gasteiger partial charge in [-0.05, 0) is 48.9 Å². The Bertz CT molecular complexity index is 829. The first-order valence-electron chi connectivity index (χ1n) is 9.15. The predicted molar refractivity (Wildman–Crippen MR) is 102 cm³/mol. The van der Waals surface area contributed by atoms with Crippen LogP contribution in [-0.4, -0.2) is 31.4 Å². The Labute approximate surface area is 158 Å². The minimum Gasteiger partial charge on any atom is -0.317 e. The van der Waals surface area contributed by atoms with Crippen LogP contribution in [0.15, 0.2) is 48.5 Å². The summed E-state index contributed by atoms with van der Waals surface area (Å²) in [7, 11) is 0. The fourth-order valence-corrected chi connectivity index (χ4v) is 4.22. The van der Waals surface area contributed by atoms with Gasteiger partial charge in [-0.15, -0.1) is 0 Å². The number of benzene rings is 2. The van der Waals surface area contributed by atoms with Crippen LogP contribution in [0.4, 0.5) is 5.69 Å². The van der Waals surface area contributed by atoms with E-state index in [0.29, 0.717) is 28.9 Å². The number of nitrogens with one attached hydrogen (secondary N) is 1. The molecule has 2 aliphatic heterocycles. The van der Waals surface area contributed by atoms with Crippen molar-refractivity contribution in [1.29, 1.82) is 0 Å². The van der Waals surface area contributed by atoms with Crippen LogP contribution in [0.3, 0.4) is 0 Å². The average molecular weight is 370 g/mol. The van der Waals surface area contributed by atoms with E-state index < -0.39 is 11.7 Å². The summed E-state index contributed by atoms with van der Waals surface area (Å²) in [4.78, 5) is 27.6. The van der Waals surface area contributed by atoms with Gasteiger partial charge in [-0.1, -0.05) is 41.9 Å². The Morgan fingerprint density at radius 2 is 1.77 bits per heavy atom. The van der Waals surface area contributed by atoms with Gasteiger partial charge in [0.15, 0.2) is 6.67 Å². The van der Waals surface area contributed by atoms with Crippen LogP contribution in [0.1, 0.15) is 28.8 Å². The Morgan fingerprint density at radius 3 is 2.50 bits per heavy atom. The molecule has 1 saturated heterocycles. The zero-order valence-corrected chi connectivity index (χ0v) is 15.3. The first-order chi connectivity index (χ1) is 12.6. The summed E-state index contributed by atoms with van der Waals surface area (Å²) in [5, 5.41) is 0.487. The van der Waals surface area contributed by atoms with Crippen molar-refractivity contribution in [1.82, 2.24) is 0 Å². The lowest BCUT2D eigenvalue weighted by atomic mass is 9.90. The molecule has 2 aromatic rings. The zero-order chi connectivity index (χ0) is 18.1. The van der Waals surface area contributed by atoms with Gasteiger partial charge in [-0.3, -0.25) is 14.5 Å². The average Bonchev–Trinajstić information content (AvgIpc) is 2.89. The number of ketones is 1. The van der Waals surface area contributed by atoms with Crippen molar-refractivity contribution in [2.24, 2.45) is 5.92 Å². The first kappa shape index (κ1) is 17.3. The normalized spacial score (nSPS) is 22.6. The minimum atomic E-state index is -0.444. The molecule has 5 heteroatoms. The second-order valence-electron chi connectivity index (χ2n) is 7.26. The van der Waals surface area contributed by atoms with Crippen LogP contribution in [0.25, 0.3) is 0 Å². The summed E-state index contributed by atoms with van der Waals surface area (Å²) in [5.41, 5.74) is 2.52.